The van der Waals surface area contributed by atoms with Crippen LogP contribution in [0.15, 0.2) is 18.2 Å². The lowest BCUT2D eigenvalue weighted by atomic mass is 10.0. The maximum absolute atomic E-state index is 13.3. The van der Waals surface area contributed by atoms with Gasteiger partial charge >= 0.3 is 6.03 Å². The van der Waals surface area contributed by atoms with Crippen molar-refractivity contribution in [3.63, 3.8) is 0 Å². The molecule has 0 unspecified atom stereocenters. The predicted molar refractivity (Wildman–Crippen MR) is 83.3 cm³/mol. The molecule has 0 aliphatic carbocycles. The number of hydrogen-bond acceptors (Lipinski definition) is 3. The summed E-state index contributed by atoms with van der Waals surface area (Å²) in [4.78, 5) is 14.1. The van der Waals surface area contributed by atoms with Crippen LogP contribution in [-0.2, 0) is 9.47 Å². The van der Waals surface area contributed by atoms with Gasteiger partial charge in [-0.3, -0.25) is 0 Å². The number of halogens is 2. The van der Waals surface area contributed by atoms with E-state index in [9.17, 15) is 13.6 Å². The molecule has 2 atom stereocenters. The number of benzene rings is 1. The molecule has 2 aliphatic rings. The summed E-state index contributed by atoms with van der Waals surface area (Å²) in [7, 11) is 0. The van der Waals surface area contributed by atoms with E-state index in [2.05, 4.69) is 5.32 Å². The van der Waals surface area contributed by atoms with E-state index in [4.69, 9.17) is 9.47 Å². The summed E-state index contributed by atoms with van der Waals surface area (Å²) in [6, 6.07) is 2.99. The number of carbonyl (C=O) groups is 1. The van der Waals surface area contributed by atoms with Crippen LogP contribution >= 0.6 is 0 Å². The Morgan fingerprint density at radius 3 is 2.62 bits per heavy atom. The maximum atomic E-state index is 13.3. The quantitative estimate of drug-likeness (QED) is 0.900. The molecular weight excluding hydrogens is 318 g/mol. The molecule has 1 spiro atoms. The van der Waals surface area contributed by atoms with Crippen molar-refractivity contribution in [3.05, 3.63) is 35.4 Å². The molecule has 1 aromatic carbocycles. The molecule has 0 radical (unpaired) electrons. The van der Waals surface area contributed by atoms with Gasteiger partial charge in [0.05, 0.1) is 18.8 Å². The highest BCUT2D eigenvalue weighted by Gasteiger charge is 2.43. The number of hydrogen-bond donors (Lipinski definition) is 1. The highest BCUT2D eigenvalue weighted by molar-refractivity contribution is 5.74. The Bertz CT molecular complexity index is 618. The first-order valence-electron chi connectivity index (χ1n) is 8.21. The number of likely N-dealkylation sites (tertiary alicyclic amines) is 1. The SMILES string of the molecule is C[C@H](NC(=O)N1CCC2(CC1)OC[C@H](C)O2)c1ccc(F)c(F)c1. The second-order valence-electron chi connectivity index (χ2n) is 6.48. The van der Waals surface area contributed by atoms with Gasteiger partial charge in [0.1, 0.15) is 0 Å². The second kappa shape index (κ2) is 6.64. The highest BCUT2D eigenvalue weighted by atomic mass is 19.2. The lowest BCUT2D eigenvalue weighted by molar-refractivity contribution is -0.189. The van der Waals surface area contributed by atoms with Gasteiger partial charge in [0.15, 0.2) is 17.4 Å². The van der Waals surface area contributed by atoms with Crippen molar-refractivity contribution in [2.75, 3.05) is 19.7 Å². The van der Waals surface area contributed by atoms with E-state index in [0.29, 0.717) is 38.1 Å². The lowest BCUT2D eigenvalue weighted by Gasteiger charge is -2.38. The lowest BCUT2D eigenvalue weighted by Crippen LogP contribution is -2.50. The summed E-state index contributed by atoms with van der Waals surface area (Å²) in [6.45, 7) is 5.35. The first kappa shape index (κ1) is 17.1. The Morgan fingerprint density at radius 1 is 1.33 bits per heavy atom. The number of ether oxygens (including phenoxy) is 2. The average Bonchev–Trinajstić information content (AvgIpc) is 2.91. The normalized spacial score (nSPS) is 24.2. The highest BCUT2D eigenvalue weighted by Crippen LogP contribution is 2.34. The zero-order valence-corrected chi connectivity index (χ0v) is 13.9. The fourth-order valence-electron chi connectivity index (χ4n) is 3.16. The molecule has 24 heavy (non-hydrogen) atoms. The van der Waals surface area contributed by atoms with E-state index in [1.165, 1.54) is 6.07 Å². The summed E-state index contributed by atoms with van der Waals surface area (Å²) in [5.74, 6) is -2.37. The van der Waals surface area contributed by atoms with Crippen LogP contribution in [0.4, 0.5) is 13.6 Å². The number of amides is 2. The number of carbonyl (C=O) groups excluding carboxylic acids is 1. The number of piperidine rings is 1. The van der Waals surface area contributed by atoms with Crippen molar-refractivity contribution >= 4 is 6.03 Å². The van der Waals surface area contributed by atoms with E-state index in [1.54, 1.807) is 11.8 Å². The first-order valence-corrected chi connectivity index (χ1v) is 8.21. The van der Waals surface area contributed by atoms with Crippen LogP contribution in [0.5, 0.6) is 0 Å². The average molecular weight is 340 g/mol. The fourth-order valence-corrected chi connectivity index (χ4v) is 3.16. The molecule has 0 aromatic heterocycles. The van der Waals surface area contributed by atoms with Crippen molar-refractivity contribution in [2.24, 2.45) is 0 Å². The van der Waals surface area contributed by atoms with Crippen LogP contribution < -0.4 is 5.32 Å². The van der Waals surface area contributed by atoms with Gasteiger partial charge in [-0.25, -0.2) is 13.6 Å². The summed E-state index contributed by atoms with van der Waals surface area (Å²) in [5.41, 5.74) is 0.520. The molecule has 132 valence electrons. The van der Waals surface area contributed by atoms with E-state index in [-0.39, 0.29) is 12.1 Å². The minimum Gasteiger partial charge on any atom is -0.347 e. The van der Waals surface area contributed by atoms with Crippen molar-refractivity contribution in [1.29, 1.82) is 0 Å². The van der Waals surface area contributed by atoms with E-state index < -0.39 is 23.5 Å². The van der Waals surface area contributed by atoms with Gasteiger partial charge in [0, 0.05) is 25.9 Å². The molecule has 0 saturated carbocycles. The van der Waals surface area contributed by atoms with Gasteiger partial charge in [-0.05, 0) is 31.5 Å². The molecule has 1 N–H and O–H groups in total. The maximum Gasteiger partial charge on any atom is 0.317 e. The van der Waals surface area contributed by atoms with Crippen molar-refractivity contribution < 1.29 is 23.0 Å². The Labute approximate surface area is 139 Å². The van der Waals surface area contributed by atoms with Crippen LogP contribution in [0, 0.1) is 11.6 Å². The fraction of sp³-hybridized carbons (Fsp3) is 0.588. The van der Waals surface area contributed by atoms with Gasteiger partial charge in [-0.1, -0.05) is 6.07 Å². The van der Waals surface area contributed by atoms with E-state index in [1.807, 2.05) is 6.92 Å². The summed E-state index contributed by atoms with van der Waals surface area (Å²) < 4.78 is 37.9. The third-order valence-corrected chi connectivity index (χ3v) is 4.59. The van der Waals surface area contributed by atoms with Gasteiger partial charge < -0.3 is 19.7 Å². The molecule has 1 aromatic rings. The zero-order chi connectivity index (χ0) is 17.3. The minimum atomic E-state index is -0.918. The predicted octanol–water partition coefficient (Wildman–Crippen LogP) is 2.96. The topological polar surface area (TPSA) is 50.8 Å². The molecule has 2 aliphatic heterocycles. The molecule has 2 fully saturated rings. The number of nitrogens with one attached hydrogen (secondary N) is 1. The second-order valence-corrected chi connectivity index (χ2v) is 6.48. The largest absolute Gasteiger partial charge is 0.347 e. The van der Waals surface area contributed by atoms with Crippen LogP contribution in [0.2, 0.25) is 0 Å². The molecule has 2 heterocycles. The molecular formula is C17H22F2N2O3. The first-order chi connectivity index (χ1) is 11.4. The summed E-state index contributed by atoms with van der Waals surface area (Å²) >= 11 is 0. The molecule has 2 amide bonds. The van der Waals surface area contributed by atoms with Crippen molar-refractivity contribution in [3.8, 4) is 0 Å². The molecule has 0 bridgehead atoms. The minimum absolute atomic E-state index is 0.0822. The smallest absolute Gasteiger partial charge is 0.317 e. The van der Waals surface area contributed by atoms with E-state index in [0.717, 1.165) is 12.1 Å². The molecule has 7 heteroatoms. The van der Waals surface area contributed by atoms with Crippen molar-refractivity contribution in [1.82, 2.24) is 10.2 Å². The Hall–Kier alpha value is -1.73. The summed E-state index contributed by atoms with van der Waals surface area (Å²) in [5, 5.41) is 2.82. The Morgan fingerprint density at radius 2 is 2.04 bits per heavy atom. The van der Waals surface area contributed by atoms with Gasteiger partial charge in [-0.2, -0.15) is 0 Å². The molecule has 3 rings (SSSR count). The standard InChI is InChI=1S/C17H22F2N2O3/c1-11-10-23-17(24-11)5-7-21(8-6-17)16(22)20-12(2)13-3-4-14(18)15(19)9-13/h3-4,9,11-12H,5-8,10H2,1-2H3,(H,20,22)/t11-,12-/m0/s1. The van der Waals surface area contributed by atoms with Crippen LogP contribution in [0.1, 0.15) is 38.3 Å². The number of nitrogens with zero attached hydrogens (tertiary/aromatic N) is 1. The molecule has 5 nitrogen and oxygen atoms in total. The van der Waals surface area contributed by atoms with Crippen LogP contribution in [-0.4, -0.2) is 42.5 Å². The number of rotatable bonds is 2. The third-order valence-electron chi connectivity index (χ3n) is 4.59. The third kappa shape index (κ3) is 3.52. The van der Waals surface area contributed by atoms with Gasteiger partial charge in [-0.15, -0.1) is 0 Å². The van der Waals surface area contributed by atoms with Crippen LogP contribution in [0.3, 0.4) is 0 Å². The van der Waals surface area contributed by atoms with Crippen molar-refractivity contribution in [2.45, 2.75) is 44.6 Å². The zero-order valence-electron chi connectivity index (χ0n) is 13.9. The van der Waals surface area contributed by atoms with Crippen LogP contribution in [0.25, 0.3) is 0 Å². The Kier molecular flexibility index (Phi) is 4.73. The molecule has 2 saturated heterocycles. The van der Waals surface area contributed by atoms with Gasteiger partial charge in [0.2, 0.25) is 0 Å². The van der Waals surface area contributed by atoms with Gasteiger partial charge in [0.25, 0.3) is 0 Å². The Balaban J connectivity index is 1.55. The van der Waals surface area contributed by atoms with E-state index >= 15 is 0 Å². The number of urea groups is 1. The monoisotopic (exact) mass is 340 g/mol. The summed E-state index contributed by atoms with van der Waals surface area (Å²) in [6.07, 6.45) is 1.34.